The first-order valence-electron chi connectivity index (χ1n) is 6.10. The van der Waals surface area contributed by atoms with Crippen molar-refractivity contribution in [3.8, 4) is 0 Å². The normalized spacial score (nSPS) is 18.8. The maximum absolute atomic E-state index is 12.0. The van der Waals surface area contributed by atoms with E-state index in [1.807, 2.05) is 4.90 Å². The number of alkyl halides is 3. The summed E-state index contributed by atoms with van der Waals surface area (Å²) in [5.74, 6) is -0.432. The Morgan fingerprint density at radius 1 is 1.17 bits per heavy atom. The summed E-state index contributed by atoms with van der Waals surface area (Å²) in [6.45, 7) is 2.92. The molecule has 1 N–H and O–H groups in total. The second kappa shape index (κ2) is 6.94. The summed E-state index contributed by atoms with van der Waals surface area (Å²) in [6, 6.07) is 0. The van der Waals surface area contributed by atoms with Gasteiger partial charge in [-0.1, -0.05) is 0 Å². The third kappa shape index (κ3) is 5.68. The van der Waals surface area contributed by atoms with Gasteiger partial charge in [0.05, 0.1) is 13.0 Å². The lowest BCUT2D eigenvalue weighted by Crippen LogP contribution is -2.36. The first-order valence-corrected chi connectivity index (χ1v) is 6.10. The van der Waals surface area contributed by atoms with E-state index in [9.17, 15) is 18.0 Å². The van der Waals surface area contributed by atoms with Crippen molar-refractivity contribution >= 4 is 5.91 Å². The molecule has 1 aliphatic rings. The largest absolute Gasteiger partial charge is 0.395 e. The summed E-state index contributed by atoms with van der Waals surface area (Å²) in [7, 11) is 0. The summed E-state index contributed by atoms with van der Waals surface area (Å²) in [5, 5.41) is 8.81. The summed E-state index contributed by atoms with van der Waals surface area (Å²) < 4.78 is 36.1. The molecule has 4 nitrogen and oxygen atoms in total. The molecule has 1 fully saturated rings. The Labute approximate surface area is 104 Å². The lowest BCUT2D eigenvalue weighted by atomic mass is 10.2. The molecule has 1 aliphatic heterocycles. The van der Waals surface area contributed by atoms with Gasteiger partial charge in [0.15, 0.2) is 0 Å². The number of aliphatic hydroxyl groups excluding tert-OH is 1. The molecular formula is C11H19F3N2O2. The molecule has 0 atom stereocenters. The molecule has 0 spiro atoms. The van der Waals surface area contributed by atoms with Gasteiger partial charge < -0.3 is 10.0 Å². The molecule has 1 saturated heterocycles. The van der Waals surface area contributed by atoms with Crippen molar-refractivity contribution in [3.05, 3.63) is 0 Å². The molecule has 0 radical (unpaired) electrons. The van der Waals surface area contributed by atoms with Crippen LogP contribution in [0.5, 0.6) is 0 Å². The van der Waals surface area contributed by atoms with Gasteiger partial charge in [-0.15, -0.1) is 0 Å². The molecule has 0 aromatic heterocycles. The molecule has 1 heterocycles. The molecule has 0 unspecified atom stereocenters. The summed E-state index contributed by atoms with van der Waals surface area (Å²) in [4.78, 5) is 15.1. The van der Waals surface area contributed by atoms with Gasteiger partial charge >= 0.3 is 6.18 Å². The molecule has 7 heteroatoms. The highest BCUT2D eigenvalue weighted by atomic mass is 19.4. The van der Waals surface area contributed by atoms with Gasteiger partial charge in [-0.2, -0.15) is 13.2 Å². The minimum Gasteiger partial charge on any atom is -0.395 e. The Morgan fingerprint density at radius 3 is 2.50 bits per heavy atom. The van der Waals surface area contributed by atoms with Crippen LogP contribution in [0.1, 0.15) is 19.3 Å². The fraction of sp³-hybridized carbons (Fsp3) is 0.909. The number of aliphatic hydroxyl groups is 1. The lowest BCUT2D eigenvalue weighted by molar-refractivity contribution is -0.149. The highest BCUT2D eigenvalue weighted by Gasteiger charge is 2.29. The van der Waals surface area contributed by atoms with Gasteiger partial charge in [-0.05, 0) is 13.0 Å². The molecule has 1 amide bonds. The monoisotopic (exact) mass is 268 g/mol. The zero-order chi connectivity index (χ0) is 13.6. The molecule has 0 aliphatic carbocycles. The quantitative estimate of drug-likeness (QED) is 0.822. The van der Waals surface area contributed by atoms with Crippen molar-refractivity contribution in [2.75, 3.05) is 39.3 Å². The molecule has 106 valence electrons. The van der Waals surface area contributed by atoms with Crippen molar-refractivity contribution in [1.29, 1.82) is 0 Å². The Bertz CT molecular complexity index is 272. The van der Waals surface area contributed by atoms with Gasteiger partial charge in [0.2, 0.25) is 5.91 Å². The predicted octanol–water partition coefficient (Wildman–Crippen LogP) is 0.855. The summed E-state index contributed by atoms with van der Waals surface area (Å²) >= 11 is 0. The van der Waals surface area contributed by atoms with E-state index in [-0.39, 0.29) is 6.61 Å². The number of hydrogen-bond acceptors (Lipinski definition) is 3. The Kier molecular flexibility index (Phi) is 5.87. The fourth-order valence-corrected chi connectivity index (χ4v) is 1.99. The molecule has 18 heavy (non-hydrogen) atoms. The SMILES string of the molecule is O=C(CCC(F)(F)F)N1CCCN(CCO)CC1. The van der Waals surface area contributed by atoms with E-state index in [2.05, 4.69) is 0 Å². The van der Waals surface area contributed by atoms with E-state index in [0.717, 1.165) is 13.0 Å². The highest BCUT2D eigenvalue weighted by Crippen LogP contribution is 2.22. The second-order valence-electron chi connectivity index (χ2n) is 4.41. The standard InChI is InChI=1S/C11H19F3N2O2/c12-11(13,14)3-2-10(18)16-5-1-4-15(6-7-16)8-9-17/h17H,1-9H2. The van der Waals surface area contributed by atoms with Crippen LogP contribution in [0.3, 0.4) is 0 Å². The minimum absolute atomic E-state index is 0.0576. The smallest absolute Gasteiger partial charge is 0.389 e. The van der Waals surface area contributed by atoms with E-state index in [0.29, 0.717) is 26.2 Å². The molecule has 0 aromatic carbocycles. The Hall–Kier alpha value is -0.820. The lowest BCUT2D eigenvalue weighted by Gasteiger charge is -2.21. The number of halogens is 3. The Balaban J connectivity index is 2.35. The van der Waals surface area contributed by atoms with Crippen LogP contribution in [0, 0.1) is 0 Å². The van der Waals surface area contributed by atoms with Crippen LogP contribution in [0.2, 0.25) is 0 Å². The number of carbonyl (C=O) groups excluding carboxylic acids is 1. The van der Waals surface area contributed by atoms with Crippen molar-refractivity contribution < 1.29 is 23.1 Å². The van der Waals surface area contributed by atoms with Crippen LogP contribution in [-0.2, 0) is 4.79 Å². The average Bonchev–Trinajstić information content (AvgIpc) is 2.51. The van der Waals surface area contributed by atoms with Crippen molar-refractivity contribution in [2.45, 2.75) is 25.4 Å². The summed E-state index contributed by atoms with van der Waals surface area (Å²) in [6.07, 6.45) is -5.06. The van der Waals surface area contributed by atoms with Gasteiger partial charge in [-0.3, -0.25) is 9.69 Å². The van der Waals surface area contributed by atoms with E-state index >= 15 is 0 Å². The number of amides is 1. The molecule has 0 aromatic rings. The van der Waals surface area contributed by atoms with Gasteiger partial charge in [0, 0.05) is 32.6 Å². The third-order valence-electron chi connectivity index (χ3n) is 2.98. The van der Waals surface area contributed by atoms with Gasteiger partial charge in [-0.25, -0.2) is 0 Å². The van der Waals surface area contributed by atoms with E-state index in [4.69, 9.17) is 5.11 Å². The summed E-state index contributed by atoms with van der Waals surface area (Å²) in [5.41, 5.74) is 0. The van der Waals surface area contributed by atoms with E-state index in [1.54, 1.807) is 0 Å². The predicted molar refractivity (Wildman–Crippen MR) is 60.0 cm³/mol. The van der Waals surface area contributed by atoms with Gasteiger partial charge in [0.1, 0.15) is 0 Å². The van der Waals surface area contributed by atoms with Crippen molar-refractivity contribution in [1.82, 2.24) is 9.80 Å². The van der Waals surface area contributed by atoms with E-state index < -0.39 is 24.9 Å². The highest BCUT2D eigenvalue weighted by molar-refractivity contribution is 5.76. The van der Waals surface area contributed by atoms with Crippen LogP contribution >= 0.6 is 0 Å². The van der Waals surface area contributed by atoms with Crippen LogP contribution in [-0.4, -0.2) is 66.3 Å². The number of rotatable bonds is 4. The number of β-amino-alcohol motifs (C(OH)–C–C–N with tert-alkyl or cyclic N) is 1. The van der Waals surface area contributed by atoms with Crippen molar-refractivity contribution in [3.63, 3.8) is 0 Å². The minimum atomic E-state index is -4.27. The number of carbonyl (C=O) groups is 1. The van der Waals surface area contributed by atoms with Crippen LogP contribution in [0.4, 0.5) is 13.2 Å². The first kappa shape index (κ1) is 15.2. The zero-order valence-corrected chi connectivity index (χ0v) is 10.2. The maximum Gasteiger partial charge on any atom is 0.389 e. The molecule has 0 saturated carbocycles. The van der Waals surface area contributed by atoms with Crippen LogP contribution in [0.25, 0.3) is 0 Å². The van der Waals surface area contributed by atoms with Crippen molar-refractivity contribution in [2.24, 2.45) is 0 Å². The average molecular weight is 268 g/mol. The topological polar surface area (TPSA) is 43.8 Å². The molecular weight excluding hydrogens is 249 g/mol. The molecule has 0 bridgehead atoms. The second-order valence-corrected chi connectivity index (χ2v) is 4.41. The number of nitrogens with zero attached hydrogens (tertiary/aromatic N) is 2. The Morgan fingerprint density at radius 2 is 1.89 bits per heavy atom. The van der Waals surface area contributed by atoms with Crippen LogP contribution in [0.15, 0.2) is 0 Å². The zero-order valence-electron chi connectivity index (χ0n) is 10.2. The molecule has 1 rings (SSSR count). The van der Waals surface area contributed by atoms with E-state index in [1.165, 1.54) is 4.90 Å². The first-order chi connectivity index (χ1) is 8.42. The fourth-order valence-electron chi connectivity index (χ4n) is 1.99. The van der Waals surface area contributed by atoms with Gasteiger partial charge in [0.25, 0.3) is 0 Å². The number of hydrogen-bond donors (Lipinski definition) is 1. The third-order valence-corrected chi connectivity index (χ3v) is 2.98. The maximum atomic E-state index is 12.0. The van der Waals surface area contributed by atoms with Crippen LogP contribution < -0.4 is 0 Å².